The lowest BCUT2D eigenvalue weighted by Crippen LogP contribution is -2.35. The fourth-order valence-corrected chi connectivity index (χ4v) is 6.57. The SMILES string of the molecule is CCCn1ccc(NC(=O)C2=CC(c3ccc(OC)c(OC)c3)=NS(=O)(=O)N2C)n1.COc1ccc(C2=NS(=O)(=O)N(C)C(C(=O)O)=C2)cc1OC. The monoisotopic (exact) mass is 759 g/mol. The Hall–Kier alpha value is -5.89. The average Bonchev–Trinajstić information content (AvgIpc) is 3.56. The van der Waals surface area contributed by atoms with Gasteiger partial charge in [0.2, 0.25) is 0 Å². The van der Waals surface area contributed by atoms with Gasteiger partial charge in [-0.3, -0.25) is 9.48 Å². The summed E-state index contributed by atoms with van der Waals surface area (Å²) >= 11 is 0. The Morgan fingerprint density at radius 2 is 1.19 bits per heavy atom. The Morgan fingerprint density at radius 1 is 0.731 bits per heavy atom. The Bertz CT molecular complexity index is 2210. The number of carboxylic acids is 1. The molecule has 52 heavy (non-hydrogen) atoms. The van der Waals surface area contributed by atoms with E-state index in [1.54, 1.807) is 47.3 Å². The van der Waals surface area contributed by atoms with E-state index in [0.717, 1.165) is 17.8 Å². The first-order chi connectivity index (χ1) is 24.6. The zero-order chi connectivity index (χ0) is 38.4. The number of carbonyl (C=O) groups excluding carboxylic acids is 1. The first-order valence-electron chi connectivity index (χ1n) is 15.2. The largest absolute Gasteiger partial charge is 0.493 e. The van der Waals surface area contributed by atoms with Crippen LogP contribution in [0.1, 0.15) is 24.5 Å². The zero-order valence-corrected chi connectivity index (χ0v) is 30.9. The van der Waals surface area contributed by atoms with Crippen LogP contribution in [0.15, 0.2) is 81.0 Å². The first-order valence-corrected chi connectivity index (χ1v) is 18.0. The molecule has 278 valence electrons. The summed E-state index contributed by atoms with van der Waals surface area (Å²) in [5.74, 6) is 0.0940. The lowest BCUT2D eigenvalue weighted by Gasteiger charge is -2.23. The van der Waals surface area contributed by atoms with Gasteiger partial charge in [0.15, 0.2) is 28.8 Å². The number of aliphatic carboxylic acids is 1. The summed E-state index contributed by atoms with van der Waals surface area (Å²) in [6.07, 6.45) is 5.23. The van der Waals surface area contributed by atoms with Crippen LogP contribution in [0.5, 0.6) is 23.0 Å². The lowest BCUT2D eigenvalue weighted by atomic mass is 10.1. The van der Waals surface area contributed by atoms with Crippen LogP contribution in [-0.2, 0) is 36.6 Å². The first kappa shape index (κ1) is 38.9. The molecule has 1 amide bonds. The number of allylic oxidation sites excluding steroid dienone is 2. The number of carboxylic acid groups (broad SMARTS) is 1. The number of hydrogen-bond donors (Lipinski definition) is 2. The number of aryl methyl sites for hydroxylation is 1. The number of amides is 1. The van der Waals surface area contributed by atoms with Crippen molar-refractivity contribution in [2.45, 2.75) is 19.9 Å². The molecule has 2 aliphatic heterocycles. The maximum Gasteiger partial charge on any atom is 0.353 e. The number of ether oxygens (including phenoxy) is 4. The third-order valence-electron chi connectivity index (χ3n) is 7.49. The average molecular weight is 760 g/mol. The molecule has 0 saturated heterocycles. The van der Waals surface area contributed by atoms with Crippen molar-refractivity contribution < 1.29 is 50.5 Å². The summed E-state index contributed by atoms with van der Waals surface area (Å²) in [6.45, 7) is 2.73. The van der Waals surface area contributed by atoms with Crippen LogP contribution < -0.4 is 24.3 Å². The molecular weight excluding hydrogens is 723 g/mol. The van der Waals surface area contributed by atoms with Gasteiger partial charge in [-0.15, -0.1) is 8.80 Å². The molecule has 0 spiro atoms. The number of rotatable bonds is 11. The normalized spacial score (nSPS) is 15.8. The summed E-state index contributed by atoms with van der Waals surface area (Å²) in [4.78, 5) is 24.0. The Balaban J connectivity index is 0.000000244. The van der Waals surface area contributed by atoms with Crippen LogP contribution in [0.25, 0.3) is 0 Å². The zero-order valence-electron chi connectivity index (χ0n) is 29.2. The van der Waals surface area contributed by atoms with E-state index < -0.39 is 32.3 Å². The molecule has 20 heteroatoms. The number of nitrogens with zero attached hydrogens (tertiary/aromatic N) is 6. The molecule has 0 unspecified atom stereocenters. The van der Waals surface area contributed by atoms with Crippen LogP contribution >= 0.6 is 0 Å². The number of carbonyl (C=O) groups is 2. The van der Waals surface area contributed by atoms with Crippen LogP contribution in [0.3, 0.4) is 0 Å². The Morgan fingerprint density at radius 3 is 1.63 bits per heavy atom. The van der Waals surface area contributed by atoms with Gasteiger partial charge >= 0.3 is 26.4 Å². The molecule has 2 N–H and O–H groups in total. The quantitative estimate of drug-likeness (QED) is 0.288. The highest BCUT2D eigenvalue weighted by Crippen LogP contribution is 2.31. The van der Waals surface area contributed by atoms with E-state index in [1.165, 1.54) is 53.7 Å². The van der Waals surface area contributed by atoms with Crippen LogP contribution in [-0.4, -0.2) is 106 Å². The smallest absolute Gasteiger partial charge is 0.353 e. The van der Waals surface area contributed by atoms with Gasteiger partial charge in [0.25, 0.3) is 5.91 Å². The van der Waals surface area contributed by atoms with Gasteiger partial charge in [-0.2, -0.15) is 21.9 Å². The highest BCUT2D eigenvalue weighted by atomic mass is 32.2. The van der Waals surface area contributed by atoms with E-state index in [2.05, 4.69) is 19.2 Å². The third-order valence-corrected chi connectivity index (χ3v) is 10.1. The number of nitrogens with one attached hydrogen (secondary N) is 1. The highest BCUT2D eigenvalue weighted by molar-refractivity contribution is 7.88. The number of benzene rings is 2. The van der Waals surface area contributed by atoms with Gasteiger partial charge in [-0.25, -0.2) is 13.4 Å². The van der Waals surface area contributed by atoms with E-state index >= 15 is 0 Å². The molecule has 0 fully saturated rings. The van der Waals surface area contributed by atoms with Gasteiger partial charge in [0.05, 0.1) is 39.9 Å². The van der Waals surface area contributed by atoms with Crippen molar-refractivity contribution in [3.05, 3.63) is 83.3 Å². The van der Waals surface area contributed by atoms with Crippen molar-refractivity contribution in [3.63, 3.8) is 0 Å². The molecule has 2 aromatic carbocycles. The molecule has 0 bridgehead atoms. The molecule has 0 atom stereocenters. The van der Waals surface area contributed by atoms with Gasteiger partial charge < -0.3 is 29.4 Å². The molecule has 0 saturated carbocycles. The standard InChI is InChI=1S/C19H23N5O5S.C13H14N2O6S/c1-5-9-24-10-8-18(21-24)20-19(25)15-12-14(22-30(26,27)23(15)2)13-6-7-16(28-3)17(11-13)29-4;1-15-10(13(16)17)7-9(14-22(15,18)19)8-4-5-11(20-2)12(6-8)21-3/h6-8,10-12H,5,9H2,1-4H3,(H,20,21,25);4-7H,1-3H3,(H,16,17). The van der Waals surface area contributed by atoms with Crippen molar-refractivity contribution in [1.82, 2.24) is 18.4 Å². The molecule has 0 aliphatic carbocycles. The number of methoxy groups -OCH3 is 4. The summed E-state index contributed by atoms with van der Waals surface area (Å²) in [5, 5.41) is 16.0. The molecule has 3 heterocycles. The van der Waals surface area contributed by atoms with Gasteiger partial charge in [0.1, 0.15) is 11.4 Å². The van der Waals surface area contributed by atoms with Gasteiger partial charge in [-0.1, -0.05) is 6.92 Å². The predicted molar refractivity (Wildman–Crippen MR) is 190 cm³/mol. The molecule has 3 aromatic rings. The van der Waals surface area contributed by atoms with Crippen LogP contribution in [0.4, 0.5) is 5.82 Å². The lowest BCUT2D eigenvalue weighted by molar-refractivity contribution is -0.133. The van der Waals surface area contributed by atoms with Gasteiger partial charge in [0, 0.05) is 44.0 Å². The number of likely N-dealkylation sites (N-methyl/N-ethyl adjacent to an activating group) is 2. The summed E-state index contributed by atoms with van der Waals surface area (Å²) in [5.41, 5.74) is 0.502. The van der Waals surface area contributed by atoms with Crippen molar-refractivity contribution >= 4 is 49.5 Å². The second kappa shape index (κ2) is 16.0. The van der Waals surface area contributed by atoms with Crippen LogP contribution in [0.2, 0.25) is 0 Å². The van der Waals surface area contributed by atoms with Crippen molar-refractivity contribution in [1.29, 1.82) is 0 Å². The maximum atomic E-state index is 12.8. The van der Waals surface area contributed by atoms with E-state index in [4.69, 9.17) is 24.1 Å². The van der Waals surface area contributed by atoms with Crippen molar-refractivity contribution in [3.8, 4) is 23.0 Å². The minimum absolute atomic E-state index is 0.0106. The molecule has 1 aromatic heterocycles. The highest BCUT2D eigenvalue weighted by Gasteiger charge is 2.31. The van der Waals surface area contributed by atoms with Gasteiger partial charge in [-0.05, 0) is 55.0 Å². The number of anilines is 1. The minimum atomic E-state index is -4.09. The Labute approximate surface area is 300 Å². The predicted octanol–water partition coefficient (Wildman–Crippen LogP) is 2.46. The van der Waals surface area contributed by atoms with E-state index in [1.807, 2.05) is 6.92 Å². The van der Waals surface area contributed by atoms with Crippen molar-refractivity contribution in [2.75, 3.05) is 47.9 Å². The number of aromatic nitrogens is 2. The molecule has 5 rings (SSSR count). The maximum absolute atomic E-state index is 12.8. The van der Waals surface area contributed by atoms with Crippen molar-refractivity contribution in [2.24, 2.45) is 8.80 Å². The molecule has 18 nitrogen and oxygen atoms in total. The van der Waals surface area contributed by atoms with E-state index in [-0.39, 0.29) is 22.8 Å². The summed E-state index contributed by atoms with van der Waals surface area (Å²) < 4.78 is 80.2. The summed E-state index contributed by atoms with van der Waals surface area (Å²) in [7, 11) is 0.101. The fraction of sp³-hybridized carbons (Fsp3) is 0.281. The topological polar surface area (TPSA) is 221 Å². The van der Waals surface area contributed by atoms with Crippen LogP contribution in [0, 0.1) is 0 Å². The Kier molecular flexibility index (Phi) is 12.0. The summed E-state index contributed by atoms with van der Waals surface area (Å²) in [6, 6.07) is 11.2. The molecule has 2 aliphatic rings. The van der Waals surface area contributed by atoms with E-state index in [9.17, 15) is 26.4 Å². The molecule has 0 radical (unpaired) electrons. The second-order valence-electron chi connectivity index (χ2n) is 10.8. The third kappa shape index (κ3) is 8.52. The van der Waals surface area contributed by atoms with E-state index in [0.29, 0.717) is 50.8 Å². The fourth-order valence-electron chi connectivity index (χ4n) is 4.74. The number of hydrogen-bond acceptors (Lipinski definition) is 11. The second-order valence-corrected chi connectivity index (χ2v) is 14.0. The minimum Gasteiger partial charge on any atom is -0.493 e. The molecular formula is C32H37N7O11S2.